The molecule has 0 aromatic heterocycles. The van der Waals surface area contributed by atoms with Gasteiger partial charge in [-0.15, -0.1) is 0 Å². The van der Waals surface area contributed by atoms with Gasteiger partial charge in [0.15, 0.2) is 0 Å². The summed E-state index contributed by atoms with van der Waals surface area (Å²) in [7, 11) is 0. The third kappa shape index (κ3) is 3.18. The highest BCUT2D eigenvalue weighted by atomic mass is 14.9. The summed E-state index contributed by atoms with van der Waals surface area (Å²) in [5.41, 5.74) is 5.92. The van der Waals surface area contributed by atoms with Crippen LogP contribution in [0.25, 0.3) is 0 Å². The number of hydrogen-bond acceptors (Lipinski definition) is 2. The van der Waals surface area contributed by atoms with Gasteiger partial charge in [-0.1, -0.05) is 20.8 Å². The second-order valence-corrected chi connectivity index (χ2v) is 3.44. The molecule has 0 heterocycles. The van der Waals surface area contributed by atoms with Gasteiger partial charge < -0.3 is 11.1 Å². The zero-order valence-corrected chi connectivity index (χ0v) is 7.57. The lowest BCUT2D eigenvalue weighted by molar-refractivity contribution is 0.325. The quantitative estimate of drug-likeness (QED) is 0.617. The lowest BCUT2D eigenvalue weighted by Crippen LogP contribution is -2.50. The molecule has 0 aliphatic carbocycles. The van der Waals surface area contributed by atoms with Gasteiger partial charge in [0.1, 0.15) is 0 Å². The van der Waals surface area contributed by atoms with Crippen molar-refractivity contribution in [3.05, 3.63) is 0 Å². The molecule has 3 N–H and O–H groups in total. The van der Waals surface area contributed by atoms with Gasteiger partial charge in [0.2, 0.25) is 0 Å². The van der Waals surface area contributed by atoms with Crippen LogP contribution < -0.4 is 11.1 Å². The average Bonchev–Trinajstić information content (AvgIpc) is 1.84. The van der Waals surface area contributed by atoms with Crippen molar-refractivity contribution >= 4 is 0 Å². The van der Waals surface area contributed by atoms with E-state index in [1.807, 2.05) is 0 Å². The average molecular weight is 144 g/mol. The fourth-order valence-corrected chi connectivity index (χ4v) is 0.598. The van der Waals surface area contributed by atoms with Crippen LogP contribution in [0.5, 0.6) is 0 Å². The van der Waals surface area contributed by atoms with Gasteiger partial charge in [-0.05, 0) is 19.4 Å². The van der Waals surface area contributed by atoms with E-state index in [-0.39, 0.29) is 5.54 Å². The highest BCUT2D eigenvalue weighted by molar-refractivity contribution is 4.83. The van der Waals surface area contributed by atoms with Gasteiger partial charge >= 0.3 is 0 Å². The number of nitrogens with one attached hydrogen (secondary N) is 1. The Kier molecular flexibility index (Phi) is 3.91. The molecule has 1 unspecified atom stereocenters. The molecule has 2 heteroatoms. The second-order valence-electron chi connectivity index (χ2n) is 3.44. The highest BCUT2D eigenvalue weighted by Gasteiger charge is 2.21. The van der Waals surface area contributed by atoms with Gasteiger partial charge in [0, 0.05) is 12.1 Å². The molecule has 0 radical (unpaired) electrons. The summed E-state index contributed by atoms with van der Waals surface area (Å²) in [5, 5.41) is 3.24. The Labute approximate surface area is 64.2 Å². The topological polar surface area (TPSA) is 38.0 Å². The predicted octanol–water partition coefficient (Wildman–Crippen LogP) is 0.969. The van der Waals surface area contributed by atoms with Crippen LogP contribution in [0, 0.1) is 5.92 Å². The Morgan fingerprint density at radius 3 is 2.30 bits per heavy atom. The van der Waals surface area contributed by atoms with Crippen LogP contribution in [-0.2, 0) is 0 Å². The Morgan fingerprint density at radius 1 is 1.50 bits per heavy atom. The monoisotopic (exact) mass is 144 g/mol. The van der Waals surface area contributed by atoms with Crippen molar-refractivity contribution in [1.82, 2.24) is 5.32 Å². The predicted molar refractivity (Wildman–Crippen MR) is 46.0 cm³/mol. The van der Waals surface area contributed by atoms with E-state index in [1.54, 1.807) is 0 Å². The van der Waals surface area contributed by atoms with E-state index >= 15 is 0 Å². The molecule has 1 atom stereocenters. The van der Waals surface area contributed by atoms with Gasteiger partial charge in [0.05, 0.1) is 0 Å². The van der Waals surface area contributed by atoms with Crippen molar-refractivity contribution in [3.63, 3.8) is 0 Å². The Bertz CT molecular complexity index is 87.3. The zero-order chi connectivity index (χ0) is 8.20. The van der Waals surface area contributed by atoms with Crippen molar-refractivity contribution in [2.45, 2.75) is 33.2 Å². The molecule has 0 saturated carbocycles. The zero-order valence-electron chi connectivity index (χ0n) is 7.57. The molecule has 0 amide bonds. The van der Waals surface area contributed by atoms with E-state index in [4.69, 9.17) is 5.73 Å². The summed E-state index contributed by atoms with van der Waals surface area (Å²) in [6, 6.07) is 0. The maximum Gasteiger partial charge on any atom is 0.0275 e. The first-order chi connectivity index (χ1) is 4.50. The molecule has 0 aliphatic heterocycles. The minimum absolute atomic E-state index is 0.0595. The highest BCUT2D eigenvalue weighted by Crippen LogP contribution is 2.10. The summed E-state index contributed by atoms with van der Waals surface area (Å²) < 4.78 is 0. The molecule has 0 aromatic carbocycles. The maximum atomic E-state index is 5.98. The molecule has 0 rings (SSSR count). The minimum atomic E-state index is -0.0595. The minimum Gasteiger partial charge on any atom is -0.324 e. The van der Waals surface area contributed by atoms with E-state index < -0.39 is 0 Å². The fourth-order valence-electron chi connectivity index (χ4n) is 0.598. The summed E-state index contributed by atoms with van der Waals surface area (Å²) >= 11 is 0. The van der Waals surface area contributed by atoms with Gasteiger partial charge in [0.25, 0.3) is 0 Å². The number of hydrogen-bond donors (Lipinski definition) is 2. The first-order valence-corrected chi connectivity index (χ1v) is 4.00. The summed E-state index contributed by atoms with van der Waals surface area (Å²) in [4.78, 5) is 0. The van der Waals surface area contributed by atoms with Crippen LogP contribution in [0.1, 0.15) is 27.7 Å². The number of nitrogens with two attached hydrogens (primary N) is 1. The van der Waals surface area contributed by atoms with Crippen LogP contribution in [0.2, 0.25) is 0 Å². The van der Waals surface area contributed by atoms with Gasteiger partial charge in [-0.25, -0.2) is 0 Å². The fraction of sp³-hybridized carbons (Fsp3) is 1.00. The standard InChI is InChI=1S/C8H20N2/c1-5-10-6-8(4,9)7(2)3/h7,10H,5-6,9H2,1-4H3. The van der Waals surface area contributed by atoms with Crippen LogP contribution >= 0.6 is 0 Å². The maximum absolute atomic E-state index is 5.98. The largest absolute Gasteiger partial charge is 0.324 e. The van der Waals surface area contributed by atoms with Crippen molar-refractivity contribution in [2.75, 3.05) is 13.1 Å². The normalized spacial score (nSPS) is 17.4. The smallest absolute Gasteiger partial charge is 0.0275 e. The summed E-state index contributed by atoms with van der Waals surface area (Å²) in [5.74, 6) is 0.534. The van der Waals surface area contributed by atoms with Crippen molar-refractivity contribution in [2.24, 2.45) is 11.7 Å². The number of rotatable bonds is 4. The Morgan fingerprint density at radius 2 is 2.00 bits per heavy atom. The van der Waals surface area contributed by atoms with E-state index in [1.165, 1.54) is 0 Å². The molecule has 0 aromatic rings. The molecular formula is C8H20N2. The molecule has 0 spiro atoms. The molecule has 0 fully saturated rings. The van der Waals surface area contributed by atoms with Crippen LogP contribution in [0.15, 0.2) is 0 Å². The van der Waals surface area contributed by atoms with Crippen molar-refractivity contribution in [3.8, 4) is 0 Å². The van der Waals surface area contributed by atoms with Crippen molar-refractivity contribution in [1.29, 1.82) is 0 Å². The first-order valence-electron chi connectivity index (χ1n) is 4.00. The van der Waals surface area contributed by atoms with Crippen LogP contribution in [0.4, 0.5) is 0 Å². The molecule has 62 valence electrons. The lowest BCUT2D eigenvalue weighted by Gasteiger charge is -2.29. The van der Waals surface area contributed by atoms with E-state index in [2.05, 4.69) is 33.0 Å². The SMILES string of the molecule is CCNCC(C)(N)C(C)C. The van der Waals surface area contributed by atoms with E-state index in [9.17, 15) is 0 Å². The molecule has 10 heavy (non-hydrogen) atoms. The summed E-state index contributed by atoms with van der Waals surface area (Å²) in [6.07, 6.45) is 0. The first kappa shape index (κ1) is 9.92. The molecule has 0 bridgehead atoms. The Balaban J connectivity index is 3.63. The van der Waals surface area contributed by atoms with Crippen LogP contribution in [0.3, 0.4) is 0 Å². The molecule has 0 aliphatic rings. The summed E-state index contributed by atoms with van der Waals surface area (Å²) in [6.45, 7) is 10.4. The third-order valence-corrected chi connectivity index (χ3v) is 2.07. The molecule has 0 saturated heterocycles. The second kappa shape index (κ2) is 3.94. The molecular weight excluding hydrogens is 124 g/mol. The van der Waals surface area contributed by atoms with Crippen molar-refractivity contribution < 1.29 is 0 Å². The third-order valence-electron chi connectivity index (χ3n) is 2.07. The molecule has 2 nitrogen and oxygen atoms in total. The Hall–Kier alpha value is -0.0800. The van der Waals surface area contributed by atoms with Crippen LogP contribution in [-0.4, -0.2) is 18.6 Å². The van der Waals surface area contributed by atoms with Gasteiger partial charge in [-0.3, -0.25) is 0 Å². The number of likely N-dealkylation sites (N-methyl/N-ethyl adjacent to an activating group) is 1. The van der Waals surface area contributed by atoms with E-state index in [0.29, 0.717) is 5.92 Å². The van der Waals surface area contributed by atoms with Gasteiger partial charge in [-0.2, -0.15) is 0 Å². The lowest BCUT2D eigenvalue weighted by atomic mass is 9.90. The van der Waals surface area contributed by atoms with E-state index in [0.717, 1.165) is 13.1 Å².